The first kappa shape index (κ1) is 15.8. The SMILES string of the molecule is CCCC(Br)=N/C(C(=O)OC)=C(\C)C(=O)OC. The van der Waals surface area contributed by atoms with Gasteiger partial charge in [-0.25, -0.2) is 14.6 Å². The van der Waals surface area contributed by atoms with Gasteiger partial charge in [0.05, 0.1) is 24.4 Å². The molecule has 0 N–H and O–H groups in total. The van der Waals surface area contributed by atoms with E-state index in [-0.39, 0.29) is 11.3 Å². The van der Waals surface area contributed by atoms with Crippen LogP contribution in [0.4, 0.5) is 0 Å². The number of ether oxygens (including phenoxy) is 2. The first-order valence-corrected chi connectivity index (χ1v) is 5.87. The normalized spacial score (nSPS) is 12.9. The molecule has 0 atom stereocenters. The lowest BCUT2D eigenvalue weighted by atomic mass is 10.2. The molecule has 96 valence electrons. The van der Waals surface area contributed by atoms with Crippen LogP contribution in [-0.4, -0.2) is 30.8 Å². The topological polar surface area (TPSA) is 65.0 Å². The summed E-state index contributed by atoms with van der Waals surface area (Å²) in [6.07, 6.45) is 1.55. The largest absolute Gasteiger partial charge is 0.466 e. The third kappa shape index (κ3) is 5.12. The van der Waals surface area contributed by atoms with E-state index in [4.69, 9.17) is 0 Å². The fourth-order valence-corrected chi connectivity index (χ4v) is 1.59. The molecule has 0 fully saturated rings. The summed E-state index contributed by atoms with van der Waals surface area (Å²) in [5, 5.41) is 0. The van der Waals surface area contributed by atoms with E-state index in [0.717, 1.165) is 6.42 Å². The molecule has 0 aromatic rings. The van der Waals surface area contributed by atoms with Crippen molar-refractivity contribution in [3.8, 4) is 0 Å². The van der Waals surface area contributed by atoms with Gasteiger partial charge in [-0.2, -0.15) is 0 Å². The zero-order chi connectivity index (χ0) is 13.4. The summed E-state index contributed by atoms with van der Waals surface area (Å²) in [5.74, 6) is -1.27. The molecule has 17 heavy (non-hydrogen) atoms. The van der Waals surface area contributed by atoms with Crippen molar-refractivity contribution in [1.82, 2.24) is 0 Å². The van der Waals surface area contributed by atoms with Crippen LogP contribution in [0.1, 0.15) is 26.7 Å². The minimum Gasteiger partial charge on any atom is -0.466 e. The molecular weight excluding hydrogens is 290 g/mol. The average Bonchev–Trinajstić information content (AvgIpc) is 2.33. The molecule has 0 saturated carbocycles. The number of methoxy groups -OCH3 is 2. The Kier molecular flexibility index (Phi) is 7.45. The average molecular weight is 306 g/mol. The van der Waals surface area contributed by atoms with Crippen LogP contribution in [0.3, 0.4) is 0 Å². The summed E-state index contributed by atoms with van der Waals surface area (Å²) in [6, 6.07) is 0. The number of esters is 2. The van der Waals surface area contributed by atoms with Gasteiger partial charge in [-0.3, -0.25) is 0 Å². The molecule has 5 nitrogen and oxygen atoms in total. The smallest absolute Gasteiger partial charge is 0.357 e. The molecule has 0 spiro atoms. The third-order valence-electron chi connectivity index (χ3n) is 1.91. The molecule has 0 aromatic heterocycles. The fraction of sp³-hybridized carbons (Fsp3) is 0.545. The lowest BCUT2D eigenvalue weighted by Crippen LogP contribution is -2.12. The van der Waals surface area contributed by atoms with Crippen LogP contribution in [-0.2, 0) is 19.1 Å². The minimum absolute atomic E-state index is 0.0420. The highest BCUT2D eigenvalue weighted by molar-refractivity contribution is 9.18. The molecule has 0 unspecified atom stereocenters. The zero-order valence-corrected chi connectivity index (χ0v) is 12.0. The predicted molar refractivity (Wildman–Crippen MR) is 68.0 cm³/mol. The number of carbonyl (C=O) groups is 2. The zero-order valence-electron chi connectivity index (χ0n) is 10.4. The lowest BCUT2D eigenvalue weighted by molar-refractivity contribution is -0.139. The molecule has 0 aliphatic heterocycles. The van der Waals surface area contributed by atoms with E-state index in [2.05, 4.69) is 30.4 Å². The second-order valence-electron chi connectivity index (χ2n) is 3.19. The van der Waals surface area contributed by atoms with Gasteiger partial charge in [-0.1, -0.05) is 13.3 Å². The summed E-state index contributed by atoms with van der Waals surface area (Å²) in [5.41, 5.74) is 0.0760. The second kappa shape index (κ2) is 8.00. The maximum Gasteiger partial charge on any atom is 0.357 e. The number of aliphatic imine (C=N–C) groups is 1. The Morgan fingerprint density at radius 1 is 1.18 bits per heavy atom. The standard InChI is InChI=1S/C11H16BrNO4/c1-5-6-8(12)13-9(11(15)17-4)7(2)10(14)16-3/h5-6H2,1-4H3/b9-7+,13-8?. The first-order chi connectivity index (χ1) is 7.97. The van der Waals surface area contributed by atoms with Crippen molar-refractivity contribution in [3.05, 3.63) is 11.3 Å². The van der Waals surface area contributed by atoms with Gasteiger partial charge >= 0.3 is 11.9 Å². The predicted octanol–water partition coefficient (Wildman–Crippen LogP) is 2.20. The maximum absolute atomic E-state index is 11.5. The molecule has 0 aromatic carbocycles. The van der Waals surface area contributed by atoms with Crippen LogP contribution in [0.25, 0.3) is 0 Å². The number of hydrogen-bond donors (Lipinski definition) is 0. The fourth-order valence-electron chi connectivity index (χ4n) is 1.01. The molecule has 0 saturated heterocycles. The Morgan fingerprint density at radius 2 is 1.71 bits per heavy atom. The van der Waals surface area contributed by atoms with Gasteiger partial charge in [0.2, 0.25) is 0 Å². The van der Waals surface area contributed by atoms with Gasteiger partial charge in [0, 0.05) is 0 Å². The lowest BCUT2D eigenvalue weighted by Gasteiger charge is -2.05. The van der Waals surface area contributed by atoms with E-state index in [9.17, 15) is 9.59 Å². The molecule has 0 aliphatic rings. The van der Waals surface area contributed by atoms with Crippen LogP contribution in [0, 0.1) is 0 Å². The van der Waals surface area contributed by atoms with Crippen molar-refractivity contribution >= 4 is 32.5 Å². The van der Waals surface area contributed by atoms with Crippen LogP contribution < -0.4 is 0 Å². The van der Waals surface area contributed by atoms with E-state index in [1.54, 1.807) is 0 Å². The van der Waals surface area contributed by atoms with Gasteiger partial charge in [0.25, 0.3) is 0 Å². The van der Waals surface area contributed by atoms with Crippen molar-refractivity contribution < 1.29 is 19.1 Å². The number of carbonyl (C=O) groups excluding carboxylic acids is 2. The molecule has 6 heteroatoms. The Labute approximate surface area is 109 Å². The summed E-state index contributed by atoms with van der Waals surface area (Å²) in [6.45, 7) is 3.44. The van der Waals surface area contributed by atoms with Gasteiger partial charge in [0.1, 0.15) is 0 Å². The van der Waals surface area contributed by atoms with E-state index in [1.807, 2.05) is 6.92 Å². The Bertz CT molecular complexity index is 360. The number of hydrogen-bond acceptors (Lipinski definition) is 5. The molecule has 0 rings (SSSR count). The number of nitrogens with zero attached hydrogens (tertiary/aromatic N) is 1. The quantitative estimate of drug-likeness (QED) is 0.444. The van der Waals surface area contributed by atoms with E-state index < -0.39 is 11.9 Å². The highest BCUT2D eigenvalue weighted by Crippen LogP contribution is 2.13. The van der Waals surface area contributed by atoms with Gasteiger partial charge in [-0.05, 0) is 29.3 Å². The van der Waals surface area contributed by atoms with Crippen molar-refractivity contribution in [2.24, 2.45) is 4.99 Å². The van der Waals surface area contributed by atoms with E-state index in [0.29, 0.717) is 11.0 Å². The van der Waals surface area contributed by atoms with E-state index in [1.165, 1.54) is 21.1 Å². The van der Waals surface area contributed by atoms with Crippen LogP contribution >= 0.6 is 15.9 Å². The molecule has 0 aliphatic carbocycles. The van der Waals surface area contributed by atoms with E-state index >= 15 is 0 Å². The molecule has 0 bridgehead atoms. The summed E-state index contributed by atoms with van der Waals surface area (Å²) >= 11 is 3.23. The number of halogens is 1. The van der Waals surface area contributed by atoms with Crippen LogP contribution in [0.5, 0.6) is 0 Å². The highest BCUT2D eigenvalue weighted by atomic mass is 79.9. The highest BCUT2D eigenvalue weighted by Gasteiger charge is 2.18. The molecule has 0 radical (unpaired) electrons. The molecule has 0 heterocycles. The Hall–Kier alpha value is -1.17. The van der Waals surface area contributed by atoms with Crippen molar-refractivity contribution in [2.45, 2.75) is 26.7 Å². The Morgan fingerprint density at radius 3 is 2.12 bits per heavy atom. The molecular formula is C11H16BrNO4. The molecule has 0 amide bonds. The van der Waals surface area contributed by atoms with Crippen molar-refractivity contribution in [3.63, 3.8) is 0 Å². The van der Waals surface area contributed by atoms with Crippen molar-refractivity contribution in [1.29, 1.82) is 0 Å². The third-order valence-corrected chi connectivity index (χ3v) is 2.49. The summed E-state index contributed by atoms with van der Waals surface area (Å²) in [4.78, 5) is 26.9. The minimum atomic E-state index is -0.666. The monoisotopic (exact) mass is 305 g/mol. The summed E-state index contributed by atoms with van der Waals surface area (Å²) in [7, 11) is 2.47. The van der Waals surface area contributed by atoms with Gasteiger partial charge in [-0.15, -0.1) is 0 Å². The number of rotatable bonds is 5. The first-order valence-electron chi connectivity index (χ1n) is 5.08. The van der Waals surface area contributed by atoms with Crippen LogP contribution in [0.2, 0.25) is 0 Å². The van der Waals surface area contributed by atoms with Gasteiger partial charge < -0.3 is 9.47 Å². The Balaban J connectivity index is 5.36. The summed E-state index contributed by atoms with van der Waals surface area (Å²) < 4.78 is 9.70. The second-order valence-corrected chi connectivity index (χ2v) is 4.11. The van der Waals surface area contributed by atoms with Crippen LogP contribution in [0.15, 0.2) is 16.3 Å². The maximum atomic E-state index is 11.5. The van der Waals surface area contributed by atoms with Gasteiger partial charge in [0.15, 0.2) is 5.70 Å². The van der Waals surface area contributed by atoms with Crippen molar-refractivity contribution in [2.75, 3.05) is 14.2 Å².